The van der Waals surface area contributed by atoms with Gasteiger partial charge in [-0.25, -0.2) is 24.0 Å². The van der Waals surface area contributed by atoms with E-state index in [4.69, 9.17) is 43.4 Å². The number of fused-ring (bicyclic) bond motifs is 2. The van der Waals surface area contributed by atoms with E-state index in [0.717, 1.165) is 47.6 Å². The molecule has 0 radical (unpaired) electrons. The first-order valence-corrected chi connectivity index (χ1v) is 26.6. The molecule has 10 N–H and O–H groups in total. The van der Waals surface area contributed by atoms with Crippen LogP contribution >= 0.6 is 12.4 Å². The van der Waals surface area contributed by atoms with E-state index in [0.29, 0.717) is 59.9 Å². The number of nitrogens with one attached hydrogen (secondary N) is 3. The van der Waals surface area contributed by atoms with Crippen LogP contribution < -0.4 is 21.6 Å². The maximum absolute atomic E-state index is 11.9. The normalized spacial score (nSPS) is 31.7. The lowest BCUT2D eigenvalue weighted by molar-refractivity contribution is -0.207. The van der Waals surface area contributed by atoms with Crippen LogP contribution in [0.5, 0.6) is 0 Å². The zero-order chi connectivity index (χ0) is 59.0. The van der Waals surface area contributed by atoms with Crippen molar-refractivity contribution < 1.29 is 78.5 Å². The zero-order valence-corrected chi connectivity index (χ0v) is 47.7. The average molecular weight is 1180 g/mol. The molecule has 0 aromatic carbocycles. The third-order valence-corrected chi connectivity index (χ3v) is 15.7. The van der Waals surface area contributed by atoms with E-state index in [-0.39, 0.29) is 43.0 Å². The van der Waals surface area contributed by atoms with Gasteiger partial charge in [0.2, 0.25) is 11.8 Å². The van der Waals surface area contributed by atoms with E-state index < -0.39 is 89.9 Å². The van der Waals surface area contributed by atoms with E-state index >= 15 is 0 Å². The number of carbonyl (C=O) groups excluding carboxylic acids is 2. The van der Waals surface area contributed by atoms with E-state index in [1.54, 1.807) is 25.8 Å². The molecule has 6 aromatic rings. The topological polar surface area (TPSA) is 384 Å². The first-order valence-electron chi connectivity index (χ1n) is 26.6. The second-order valence-corrected chi connectivity index (χ2v) is 22.1. The summed E-state index contributed by atoms with van der Waals surface area (Å²) in [7, 11) is 2.00. The highest BCUT2D eigenvalue weighted by Gasteiger charge is 2.66. The number of nitrogens with zero attached hydrogens (tertiary/aromatic N) is 9. The van der Waals surface area contributed by atoms with E-state index in [9.17, 15) is 39.9 Å². The van der Waals surface area contributed by atoms with Gasteiger partial charge in [-0.1, -0.05) is 0 Å². The number of aromatic nitrogens is 8. The summed E-state index contributed by atoms with van der Waals surface area (Å²) in [5.41, 5.74) is 5.64. The van der Waals surface area contributed by atoms with Crippen molar-refractivity contribution in [2.45, 2.75) is 157 Å². The van der Waals surface area contributed by atoms with Gasteiger partial charge < -0.3 is 79.5 Å². The molecule has 14 heterocycles. The summed E-state index contributed by atoms with van der Waals surface area (Å²) in [6, 6.07) is 8.85. The van der Waals surface area contributed by atoms with Gasteiger partial charge in [0.25, 0.3) is 5.56 Å². The Bertz CT molecular complexity index is 3520. The number of aliphatic hydroxyl groups is 7. The molecule has 29 nitrogen and oxygen atoms in total. The van der Waals surface area contributed by atoms with Crippen molar-refractivity contribution in [2.75, 3.05) is 50.1 Å². The molecule has 14 rings (SSSR count). The van der Waals surface area contributed by atoms with Crippen molar-refractivity contribution in [1.82, 2.24) is 38.9 Å². The van der Waals surface area contributed by atoms with Gasteiger partial charge in [-0.3, -0.25) is 24.5 Å². The number of ether oxygens (including phenoxy) is 7. The number of aliphatic hydroxyl groups excluding tert-OH is 6. The predicted octanol–water partition coefficient (Wildman–Crippen LogP) is 0.709. The molecule has 0 spiro atoms. The van der Waals surface area contributed by atoms with Crippen LogP contribution in [0.4, 0.5) is 17.5 Å². The highest BCUT2D eigenvalue weighted by molar-refractivity contribution is 5.97. The van der Waals surface area contributed by atoms with Crippen molar-refractivity contribution in [3.63, 3.8) is 0 Å². The lowest BCUT2D eigenvalue weighted by Crippen LogP contribution is -2.43. The van der Waals surface area contributed by atoms with Crippen LogP contribution in [0.15, 0.2) is 52.8 Å². The molecule has 2 amide bonds. The molecular weight excluding hydrogens is 1110 g/mol. The number of aryl methyl sites for hydroxylation is 2. The number of anilines is 2. The largest absolute Gasteiger partial charge is 0.400 e. The molecule has 450 valence electrons. The van der Waals surface area contributed by atoms with Crippen molar-refractivity contribution >= 4 is 69.9 Å². The van der Waals surface area contributed by atoms with E-state index in [1.807, 2.05) is 53.7 Å². The fourth-order valence-corrected chi connectivity index (χ4v) is 12.5. The number of hydrogen-bond donors (Lipinski definition) is 10. The molecule has 5 saturated heterocycles. The Morgan fingerprint density at radius 1 is 0.627 bits per heavy atom. The monoisotopic (exact) mass is 1180 g/mol. The Hall–Kier alpha value is -6.26. The van der Waals surface area contributed by atoms with Gasteiger partial charge in [0.15, 0.2) is 29.0 Å². The summed E-state index contributed by atoms with van der Waals surface area (Å²) in [5.74, 6) is -0.493. The Kier molecular flexibility index (Phi) is 17.0. The minimum atomic E-state index is -1.59. The van der Waals surface area contributed by atoms with Gasteiger partial charge in [0.1, 0.15) is 107 Å². The maximum atomic E-state index is 11.9. The highest BCUT2D eigenvalue weighted by atomic mass is 35.5. The molecule has 6 aromatic heterocycles. The number of halogens is 1. The molecule has 8 aliphatic rings. The van der Waals surface area contributed by atoms with Crippen LogP contribution in [0, 0.1) is 0 Å². The Labute approximate surface area is 479 Å². The van der Waals surface area contributed by atoms with Crippen LogP contribution in [-0.4, -0.2) is 192 Å². The number of aliphatic imine (C=N–C) groups is 1. The quantitative estimate of drug-likeness (QED) is 0.110. The Balaban J connectivity index is 0.000000145. The van der Waals surface area contributed by atoms with Crippen molar-refractivity contribution in [3.05, 3.63) is 81.5 Å². The fraction of sp³-hybridized carbons (Fsp3) is 0.566. The van der Waals surface area contributed by atoms with Crippen LogP contribution in [0.2, 0.25) is 0 Å². The lowest BCUT2D eigenvalue weighted by atomic mass is 9.91. The first-order chi connectivity index (χ1) is 39.1. The predicted molar refractivity (Wildman–Crippen MR) is 295 cm³/mol. The van der Waals surface area contributed by atoms with Gasteiger partial charge in [-0.2, -0.15) is 15.2 Å². The molecule has 8 aliphatic heterocycles. The van der Waals surface area contributed by atoms with Crippen LogP contribution in [0.3, 0.4) is 0 Å². The van der Waals surface area contributed by atoms with Gasteiger partial charge in [0.05, 0.1) is 36.9 Å². The molecule has 83 heavy (non-hydrogen) atoms. The van der Waals surface area contributed by atoms with Crippen molar-refractivity contribution in [1.29, 1.82) is 0 Å². The maximum Gasteiger partial charge on any atom is 0.271 e. The van der Waals surface area contributed by atoms with Crippen LogP contribution in [0.1, 0.15) is 108 Å². The fourth-order valence-electron chi connectivity index (χ4n) is 12.5. The minimum Gasteiger partial charge on any atom is -0.400 e. The second kappa shape index (κ2) is 23.0. The van der Waals surface area contributed by atoms with Crippen molar-refractivity contribution in [2.24, 2.45) is 4.99 Å². The second-order valence-electron chi connectivity index (χ2n) is 22.1. The van der Waals surface area contributed by atoms with Crippen molar-refractivity contribution in [3.8, 4) is 0 Å². The summed E-state index contributed by atoms with van der Waals surface area (Å²) in [6.07, 6.45) is 0.226. The lowest BCUT2D eigenvalue weighted by Gasteiger charge is -2.30. The summed E-state index contributed by atoms with van der Waals surface area (Å²) >= 11 is 0. The standard InChI is InChI=1S/C18H22N4O5.C18H20N4O5.C15H18N4O5.2CH4O.ClH/c2*1-17(2)26-15-11(7-23)25-14(18(15,3)27-17)10-6-9-4-5-12(24)21-16-13(9)22(10)20-8-19-16;1-15(23)12(22)9(5-20)24-13(15)8-4-7-2-3-10(21)18-14-11(7)19(8)17-6-16-14;2*1-2;/h6,8,11,14-15,23H,4-5,7H2,1-3H3,(H,19,20,21,24);4-6,8,11,14-15,23H,7H2,1-3H3,(H,19,20,21,24);4,6,9,12-13,20,22-23H,2-3,5H2,1H3,(H,16,17,18,21);2*2H,1H3;1H/t2*11-,14+,15-,18+;9-,12-,13+,15-;;;/m111.../s1. The molecule has 0 unspecified atom stereocenters. The summed E-state index contributed by atoms with van der Waals surface area (Å²) in [5, 5.41) is 78.8. The van der Waals surface area contributed by atoms with Gasteiger partial charge >= 0.3 is 0 Å². The third kappa shape index (κ3) is 10.4. The summed E-state index contributed by atoms with van der Waals surface area (Å²) < 4.78 is 47.7. The van der Waals surface area contributed by atoms with Gasteiger partial charge in [-0.05, 0) is 96.7 Å². The smallest absolute Gasteiger partial charge is 0.271 e. The number of hydrogen-bond acceptors (Lipinski definition) is 24. The molecule has 5 fully saturated rings. The van der Waals surface area contributed by atoms with Crippen LogP contribution in [-0.2, 0) is 55.6 Å². The summed E-state index contributed by atoms with van der Waals surface area (Å²) in [6.45, 7) is 12.0. The number of amides is 2. The molecule has 12 atom stereocenters. The van der Waals surface area contributed by atoms with Gasteiger partial charge in [-0.15, -0.1) is 12.4 Å². The highest BCUT2D eigenvalue weighted by Crippen LogP contribution is 2.55. The molecule has 0 saturated carbocycles. The number of rotatable bonds is 6. The minimum absolute atomic E-state index is 0. The third-order valence-electron chi connectivity index (χ3n) is 15.7. The van der Waals surface area contributed by atoms with E-state index in [2.05, 4.69) is 46.2 Å². The Morgan fingerprint density at radius 2 is 1.10 bits per heavy atom. The molecule has 0 aliphatic carbocycles. The molecular formula is C53H69ClN12O17. The average Bonchev–Trinajstić information content (AvgIpc) is 2.89. The number of carbonyl (C=O) groups is 2. The Morgan fingerprint density at radius 3 is 1.58 bits per heavy atom. The van der Waals surface area contributed by atoms with Crippen LogP contribution in [0.25, 0.3) is 21.9 Å². The SMILES string of the molecule is CC1(C)O[C@@H]2[C@@H](CO)O[C@@H](c3cc4c5c(ncnn35)NC(=O)CC4)[C@]2(C)O1.CC1(C)O[C@@H]2[C@@H](CO)O[C@@H](c3cc4ccc(=O)nc5c4n3NC=N5)[C@]2(C)O1.CO.CO.C[C@@]1(O)[C@H](O)[C@@H](CO)O[C@H]1c1cc2c3c(ncnn13)NC(=O)CC2.Cl. The summed E-state index contributed by atoms with van der Waals surface area (Å²) in [4.78, 5) is 52.0. The van der Waals surface area contributed by atoms with E-state index in [1.165, 1.54) is 32.0 Å². The van der Waals surface area contributed by atoms with Gasteiger partial charge in [0, 0.05) is 38.5 Å². The first kappa shape index (κ1) is 61.3. The molecule has 30 heteroatoms. The zero-order valence-electron chi connectivity index (χ0n) is 46.9. The molecule has 0 bridgehead atoms.